The fourth-order valence-electron chi connectivity index (χ4n) is 2.59. The van der Waals surface area contributed by atoms with E-state index in [0.717, 1.165) is 18.5 Å². The highest BCUT2D eigenvalue weighted by Gasteiger charge is 2.24. The number of benzene rings is 1. The Labute approximate surface area is 120 Å². The topological polar surface area (TPSA) is 49.4 Å². The summed E-state index contributed by atoms with van der Waals surface area (Å²) < 4.78 is 38.7. The Morgan fingerprint density at radius 1 is 1.45 bits per heavy atom. The number of fused-ring (bicyclic) bond motifs is 1. The van der Waals surface area contributed by atoms with Crippen LogP contribution in [-0.4, -0.2) is 38.7 Å². The summed E-state index contributed by atoms with van der Waals surface area (Å²) in [4.78, 5) is 2.18. The Morgan fingerprint density at radius 3 is 2.90 bits per heavy atom. The van der Waals surface area contributed by atoms with E-state index < -0.39 is 10.0 Å². The minimum Gasteiger partial charge on any atom is -0.295 e. The number of rotatable bonds is 5. The van der Waals surface area contributed by atoms with Gasteiger partial charge in [-0.05, 0) is 43.5 Å². The van der Waals surface area contributed by atoms with E-state index in [9.17, 15) is 12.8 Å². The summed E-state index contributed by atoms with van der Waals surface area (Å²) in [6.45, 7) is 5.55. The zero-order valence-electron chi connectivity index (χ0n) is 11.9. The van der Waals surface area contributed by atoms with Gasteiger partial charge in [-0.3, -0.25) is 4.90 Å². The van der Waals surface area contributed by atoms with Crippen LogP contribution < -0.4 is 4.72 Å². The molecule has 0 aromatic heterocycles. The summed E-state index contributed by atoms with van der Waals surface area (Å²) in [6.07, 6.45) is 0.875. The summed E-state index contributed by atoms with van der Waals surface area (Å²) in [5.41, 5.74) is 2.19. The summed E-state index contributed by atoms with van der Waals surface area (Å²) >= 11 is 0. The van der Waals surface area contributed by atoms with E-state index >= 15 is 0 Å². The molecule has 0 amide bonds. The molecule has 6 heteroatoms. The smallest absolute Gasteiger partial charge is 0.211 e. The minimum atomic E-state index is -3.14. The summed E-state index contributed by atoms with van der Waals surface area (Å²) in [7, 11) is -3.14. The van der Waals surface area contributed by atoms with Crippen molar-refractivity contribution in [2.45, 2.75) is 26.3 Å². The third-order valence-electron chi connectivity index (χ3n) is 3.88. The first kappa shape index (κ1) is 15.4. The molecule has 20 heavy (non-hydrogen) atoms. The van der Waals surface area contributed by atoms with Crippen LogP contribution in [0.15, 0.2) is 18.2 Å². The van der Waals surface area contributed by atoms with Gasteiger partial charge in [0, 0.05) is 25.7 Å². The molecule has 0 saturated carbocycles. The number of hydrogen-bond acceptors (Lipinski definition) is 3. The lowest BCUT2D eigenvalue weighted by molar-refractivity contribution is 0.202. The van der Waals surface area contributed by atoms with Gasteiger partial charge in [-0.1, -0.05) is 6.07 Å². The van der Waals surface area contributed by atoms with E-state index in [1.165, 1.54) is 11.6 Å². The third kappa shape index (κ3) is 3.56. The lowest BCUT2D eigenvalue weighted by atomic mass is 9.93. The maximum atomic E-state index is 13.3. The predicted octanol–water partition coefficient (Wildman–Crippen LogP) is 1.68. The van der Waals surface area contributed by atoms with Crippen LogP contribution in [0.3, 0.4) is 0 Å². The Bertz CT molecular complexity index is 575. The van der Waals surface area contributed by atoms with Crippen molar-refractivity contribution in [2.75, 3.05) is 25.4 Å². The maximum Gasteiger partial charge on any atom is 0.211 e. The fourth-order valence-corrected chi connectivity index (χ4v) is 3.20. The molecule has 1 N–H and O–H groups in total. The molecular formula is C14H21FN2O2S. The van der Waals surface area contributed by atoms with Crippen molar-refractivity contribution >= 4 is 10.0 Å². The second-order valence-corrected chi connectivity index (χ2v) is 7.20. The highest BCUT2D eigenvalue weighted by Crippen LogP contribution is 2.29. The molecule has 0 saturated heterocycles. The van der Waals surface area contributed by atoms with E-state index in [0.29, 0.717) is 13.1 Å². The monoisotopic (exact) mass is 300 g/mol. The zero-order valence-corrected chi connectivity index (χ0v) is 12.7. The Morgan fingerprint density at radius 2 is 2.20 bits per heavy atom. The first-order chi connectivity index (χ1) is 9.43. The SMILES string of the molecule is CCS(=O)(=O)NCCN1CCc2ccc(F)cc2[C@H]1C. The molecule has 1 atom stereocenters. The summed E-state index contributed by atoms with van der Waals surface area (Å²) in [5, 5.41) is 0. The normalized spacial score (nSPS) is 19.9. The lowest BCUT2D eigenvalue weighted by Gasteiger charge is -2.35. The Hall–Kier alpha value is -0.980. The van der Waals surface area contributed by atoms with Gasteiger partial charge in [0.05, 0.1) is 5.75 Å². The molecular weight excluding hydrogens is 279 g/mol. The average molecular weight is 300 g/mol. The van der Waals surface area contributed by atoms with Crippen LogP contribution in [0, 0.1) is 5.82 Å². The van der Waals surface area contributed by atoms with Crippen molar-refractivity contribution in [3.63, 3.8) is 0 Å². The van der Waals surface area contributed by atoms with Gasteiger partial charge in [0.1, 0.15) is 5.82 Å². The van der Waals surface area contributed by atoms with Gasteiger partial charge >= 0.3 is 0 Å². The molecule has 1 aromatic carbocycles. The lowest BCUT2D eigenvalue weighted by Crippen LogP contribution is -2.40. The molecule has 0 fully saturated rings. The van der Waals surface area contributed by atoms with Crippen LogP contribution >= 0.6 is 0 Å². The molecule has 0 radical (unpaired) electrons. The van der Waals surface area contributed by atoms with Gasteiger partial charge in [-0.2, -0.15) is 0 Å². The van der Waals surface area contributed by atoms with Crippen molar-refractivity contribution in [3.05, 3.63) is 35.1 Å². The predicted molar refractivity (Wildman–Crippen MR) is 77.6 cm³/mol. The largest absolute Gasteiger partial charge is 0.295 e. The Balaban J connectivity index is 1.99. The highest BCUT2D eigenvalue weighted by molar-refractivity contribution is 7.89. The van der Waals surface area contributed by atoms with Gasteiger partial charge in [-0.25, -0.2) is 17.5 Å². The van der Waals surface area contributed by atoms with Gasteiger partial charge < -0.3 is 0 Å². The molecule has 4 nitrogen and oxygen atoms in total. The van der Waals surface area contributed by atoms with Crippen molar-refractivity contribution < 1.29 is 12.8 Å². The van der Waals surface area contributed by atoms with Crippen molar-refractivity contribution in [3.8, 4) is 0 Å². The highest BCUT2D eigenvalue weighted by atomic mass is 32.2. The van der Waals surface area contributed by atoms with Crippen molar-refractivity contribution in [2.24, 2.45) is 0 Å². The minimum absolute atomic E-state index is 0.0938. The second-order valence-electron chi connectivity index (χ2n) is 5.10. The van der Waals surface area contributed by atoms with Crippen LogP contribution in [0.25, 0.3) is 0 Å². The second kappa shape index (κ2) is 6.20. The molecule has 1 aliphatic heterocycles. The van der Waals surface area contributed by atoms with Crippen LogP contribution in [0.4, 0.5) is 4.39 Å². The molecule has 1 aliphatic rings. The van der Waals surface area contributed by atoms with E-state index in [1.807, 2.05) is 13.0 Å². The Kier molecular flexibility index (Phi) is 4.78. The number of nitrogens with one attached hydrogen (secondary N) is 1. The van der Waals surface area contributed by atoms with Gasteiger partial charge in [0.15, 0.2) is 0 Å². The van der Waals surface area contributed by atoms with Gasteiger partial charge in [0.2, 0.25) is 10.0 Å². The van der Waals surface area contributed by atoms with E-state index in [2.05, 4.69) is 9.62 Å². The first-order valence-corrected chi connectivity index (χ1v) is 8.58. The van der Waals surface area contributed by atoms with E-state index in [-0.39, 0.29) is 17.6 Å². The van der Waals surface area contributed by atoms with Crippen LogP contribution in [-0.2, 0) is 16.4 Å². The molecule has 112 valence electrons. The molecule has 0 bridgehead atoms. The van der Waals surface area contributed by atoms with Crippen LogP contribution in [0.5, 0.6) is 0 Å². The van der Waals surface area contributed by atoms with Crippen LogP contribution in [0.2, 0.25) is 0 Å². The molecule has 1 heterocycles. The standard InChI is InChI=1S/C14H21FN2O2S/c1-3-20(18,19)16-7-9-17-8-6-12-4-5-13(15)10-14(12)11(17)2/h4-5,10-11,16H,3,6-9H2,1-2H3/t11-/m1/s1. The van der Waals surface area contributed by atoms with Gasteiger partial charge in [-0.15, -0.1) is 0 Å². The van der Waals surface area contributed by atoms with Gasteiger partial charge in [0.25, 0.3) is 0 Å². The molecule has 2 rings (SSSR count). The number of hydrogen-bond donors (Lipinski definition) is 1. The first-order valence-electron chi connectivity index (χ1n) is 6.92. The van der Waals surface area contributed by atoms with Crippen LogP contribution in [0.1, 0.15) is 31.0 Å². The molecule has 0 spiro atoms. The summed E-state index contributed by atoms with van der Waals surface area (Å²) in [5.74, 6) is -0.125. The maximum absolute atomic E-state index is 13.3. The van der Waals surface area contributed by atoms with Crippen molar-refractivity contribution in [1.82, 2.24) is 9.62 Å². The van der Waals surface area contributed by atoms with E-state index in [1.54, 1.807) is 13.0 Å². The van der Waals surface area contributed by atoms with Crippen molar-refractivity contribution in [1.29, 1.82) is 0 Å². The number of nitrogens with zero attached hydrogens (tertiary/aromatic N) is 1. The number of halogens is 1. The quantitative estimate of drug-likeness (QED) is 0.900. The zero-order chi connectivity index (χ0) is 14.8. The fraction of sp³-hybridized carbons (Fsp3) is 0.571. The number of sulfonamides is 1. The third-order valence-corrected chi connectivity index (χ3v) is 5.28. The molecule has 0 aliphatic carbocycles. The summed E-state index contributed by atoms with van der Waals surface area (Å²) in [6, 6.07) is 5.04. The van der Waals surface area contributed by atoms with E-state index in [4.69, 9.17) is 0 Å². The molecule has 1 aromatic rings. The molecule has 0 unspecified atom stereocenters. The average Bonchev–Trinajstić information content (AvgIpc) is 2.42.